The largest absolute Gasteiger partial charge is 0.477 e. The zero-order valence-corrected chi connectivity index (χ0v) is 21.9. The van der Waals surface area contributed by atoms with Gasteiger partial charge in [-0.1, -0.05) is 24.6 Å². The predicted molar refractivity (Wildman–Crippen MR) is 144 cm³/mol. The van der Waals surface area contributed by atoms with E-state index in [0.717, 1.165) is 25.7 Å². The van der Waals surface area contributed by atoms with Crippen molar-refractivity contribution < 1.29 is 19.5 Å². The fraction of sp³-hybridized carbons (Fsp3) is 0.357. The number of benzene rings is 2. The van der Waals surface area contributed by atoms with Gasteiger partial charge in [0.05, 0.1) is 5.69 Å². The van der Waals surface area contributed by atoms with Gasteiger partial charge in [-0.05, 0) is 87.9 Å². The van der Waals surface area contributed by atoms with Crippen molar-refractivity contribution >= 4 is 40.9 Å². The second-order valence-corrected chi connectivity index (χ2v) is 10.3. The molecule has 1 heterocycles. The van der Waals surface area contributed by atoms with Crippen molar-refractivity contribution in [1.29, 1.82) is 0 Å². The minimum atomic E-state index is -1.15. The van der Waals surface area contributed by atoms with Gasteiger partial charge in [-0.25, -0.2) is 9.48 Å². The van der Waals surface area contributed by atoms with Crippen molar-refractivity contribution in [2.24, 2.45) is 11.8 Å². The van der Waals surface area contributed by atoms with Gasteiger partial charge in [0.2, 0.25) is 5.91 Å². The molecular formula is C28H31ClN4O4. The number of hydrogen-bond donors (Lipinski definition) is 2. The van der Waals surface area contributed by atoms with E-state index in [9.17, 15) is 19.5 Å². The van der Waals surface area contributed by atoms with Gasteiger partial charge in [0, 0.05) is 34.4 Å². The van der Waals surface area contributed by atoms with E-state index >= 15 is 0 Å². The Hall–Kier alpha value is -3.65. The van der Waals surface area contributed by atoms with E-state index in [-0.39, 0.29) is 35.2 Å². The molecule has 1 aliphatic carbocycles. The Morgan fingerprint density at radius 1 is 1.08 bits per heavy atom. The molecule has 0 bridgehead atoms. The topological polar surface area (TPSA) is 105 Å². The van der Waals surface area contributed by atoms with E-state index in [1.807, 2.05) is 13.8 Å². The highest BCUT2D eigenvalue weighted by Crippen LogP contribution is 2.33. The molecule has 0 atom stereocenters. The molecule has 0 radical (unpaired) electrons. The lowest BCUT2D eigenvalue weighted by molar-refractivity contribution is -0.124. The third-order valence-corrected chi connectivity index (χ3v) is 6.98. The number of rotatable bonds is 7. The third kappa shape index (κ3) is 6.02. The summed E-state index contributed by atoms with van der Waals surface area (Å²) in [6.45, 7) is 5.93. The monoisotopic (exact) mass is 522 g/mol. The van der Waals surface area contributed by atoms with Gasteiger partial charge in [0.15, 0.2) is 5.82 Å². The summed E-state index contributed by atoms with van der Waals surface area (Å²) in [6, 6.07) is 13.2. The number of nitrogens with zero attached hydrogens (tertiary/aromatic N) is 3. The van der Waals surface area contributed by atoms with Crippen LogP contribution in [-0.2, 0) is 4.79 Å². The third-order valence-electron chi connectivity index (χ3n) is 6.75. The Morgan fingerprint density at radius 3 is 2.35 bits per heavy atom. The zero-order valence-electron chi connectivity index (χ0n) is 21.1. The number of anilines is 2. The Kier molecular flexibility index (Phi) is 7.97. The Morgan fingerprint density at radius 2 is 1.76 bits per heavy atom. The molecule has 2 N–H and O–H groups in total. The SMILES string of the molecule is CC(C)N(c1nn(-c2ccc(NC(=O)c3cccc(Cl)c3)cc2)cc1C(=O)O)C(=O)[C@H]1CC[C@H](C)CC1. The number of amides is 2. The molecule has 3 aromatic rings. The lowest BCUT2D eigenvalue weighted by atomic mass is 9.82. The molecule has 2 amide bonds. The van der Waals surface area contributed by atoms with Crippen molar-refractivity contribution in [2.75, 3.05) is 10.2 Å². The number of aromatic nitrogens is 2. The van der Waals surface area contributed by atoms with Crippen LogP contribution in [0.4, 0.5) is 11.5 Å². The minimum absolute atomic E-state index is 0.0374. The summed E-state index contributed by atoms with van der Waals surface area (Å²) in [5.74, 6) is -0.912. The summed E-state index contributed by atoms with van der Waals surface area (Å²) in [6.07, 6.45) is 5.00. The van der Waals surface area contributed by atoms with Crippen LogP contribution >= 0.6 is 11.6 Å². The molecule has 37 heavy (non-hydrogen) atoms. The molecule has 1 aliphatic rings. The van der Waals surface area contributed by atoms with E-state index in [1.165, 1.54) is 15.8 Å². The quantitative estimate of drug-likeness (QED) is 0.393. The number of halogens is 1. The number of aromatic carboxylic acids is 1. The highest BCUT2D eigenvalue weighted by atomic mass is 35.5. The number of carboxylic acid groups (broad SMARTS) is 1. The van der Waals surface area contributed by atoms with E-state index < -0.39 is 5.97 Å². The molecule has 2 aromatic carbocycles. The lowest BCUT2D eigenvalue weighted by Crippen LogP contribution is -2.43. The summed E-state index contributed by atoms with van der Waals surface area (Å²) in [4.78, 5) is 39.6. The van der Waals surface area contributed by atoms with Gasteiger partial charge >= 0.3 is 5.97 Å². The number of carbonyl (C=O) groups excluding carboxylic acids is 2. The first-order valence-electron chi connectivity index (χ1n) is 12.5. The molecule has 1 fully saturated rings. The Balaban J connectivity index is 1.58. The van der Waals surface area contributed by atoms with Gasteiger partial charge in [0.25, 0.3) is 5.91 Å². The summed E-state index contributed by atoms with van der Waals surface area (Å²) in [5, 5.41) is 17.7. The summed E-state index contributed by atoms with van der Waals surface area (Å²) in [5.41, 5.74) is 1.55. The molecule has 1 aromatic heterocycles. The van der Waals surface area contributed by atoms with Crippen molar-refractivity contribution in [3.05, 3.63) is 70.9 Å². The highest BCUT2D eigenvalue weighted by Gasteiger charge is 2.34. The zero-order chi connectivity index (χ0) is 26.7. The van der Waals surface area contributed by atoms with Crippen LogP contribution in [0.25, 0.3) is 5.69 Å². The first-order chi connectivity index (χ1) is 17.6. The average molecular weight is 523 g/mol. The molecular weight excluding hydrogens is 492 g/mol. The smallest absolute Gasteiger partial charge is 0.341 e. The molecule has 0 unspecified atom stereocenters. The van der Waals surface area contributed by atoms with Crippen molar-refractivity contribution in [1.82, 2.24) is 9.78 Å². The second kappa shape index (κ2) is 11.2. The van der Waals surface area contributed by atoms with Crippen LogP contribution in [0.1, 0.15) is 67.2 Å². The van der Waals surface area contributed by atoms with Gasteiger partial charge in [-0.15, -0.1) is 5.10 Å². The normalized spacial score (nSPS) is 17.4. The van der Waals surface area contributed by atoms with Crippen LogP contribution in [0.15, 0.2) is 54.7 Å². The first kappa shape index (κ1) is 26.4. The van der Waals surface area contributed by atoms with Gasteiger partial charge in [-0.2, -0.15) is 0 Å². The summed E-state index contributed by atoms with van der Waals surface area (Å²) < 4.78 is 1.45. The number of carboxylic acids is 1. The van der Waals surface area contributed by atoms with Gasteiger partial charge in [0.1, 0.15) is 5.56 Å². The fourth-order valence-corrected chi connectivity index (χ4v) is 4.85. The van der Waals surface area contributed by atoms with Crippen LogP contribution in [0, 0.1) is 11.8 Å². The van der Waals surface area contributed by atoms with Crippen LogP contribution in [-0.4, -0.2) is 38.7 Å². The minimum Gasteiger partial charge on any atom is -0.477 e. The van der Waals surface area contributed by atoms with E-state index in [2.05, 4.69) is 17.3 Å². The second-order valence-electron chi connectivity index (χ2n) is 9.89. The molecule has 0 aliphatic heterocycles. The molecule has 9 heteroatoms. The number of hydrogen-bond acceptors (Lipinski definition) is 4. The molecule has 0 spiro atoms. The fourth-order valence-electron chi connectivity index (χ4n) is 4.66. The van der Waals surface area contributed by atoms with Crippen LogP contribution < -0.4 is 10.2 Å². The van der Waals surface area contributed by atoms with Crippen LogP contribution in [0.5, 0.6) is 0 Å². The first-order valence-corrected chi connectivity index (χ1v) is 12.8. The van der Waals surface area contributed by atoms with Crippen molar-refractivity contribution in [3.8, 4) is 5.69 Å². The maximum atomic E-state index is 13.5. The lowest BCUT2D eigenvalue weighted by Gasteiger charge is -2.32. The van der Waals surface area contributed by atoms with Crippen LogP contribution in [0.2, 0.25) is 5.02 Å². The maximum Gasteiger partial charge on any atom is 0.341 e. The number of carbonyl (C=O) groups is 3. The molecule has 4 rings (SSSR count). The Bertz CT molecular complexity index is 1290. The van der Waals surface area contributed by atoms with Crippen molar-refractivity contribution in [3.63, 3.8) is 0 Å². The van der Waals surface area contributed by atoms with E-state index in [1.54, 1.807) is 48.5 Å². The molecule has 194 valence electrons. The van der Waals surface area contributed by atoms with E-state index in [0.29, 0.717) is 27.9 Å². The molecule has 0 saturated heterocycles. The van der Waals surface area contributed by atoms with E-state index in [4.69, 9.17) is 11.6 Å². The van der Waals surface area contributed by atoms with Crippen LogP contribution in [0.3, 0.4) is 0 Å². The maximum absolute atomic E-state index is 13.5. The summed E-state index contributed by atoms with van der Waals surface area (Å²) in [7, 11) is 0. The van der Waals surface area contributed by atoms with Gasteiger partial charge in [-0.3, -0.25) is 14.5 Å². The highest BCUT2D eigenvalue weighted by molar-refractivity contribution is 6.31. The van der Waals surface area contributed by atoms with Gasteiger partial charge < -0.3 is 10.4 Å². The standard InChI is InChI=1S/C28H31ClN4O4/c1-17(2)33(27(35)19-9-7-18(3)8-10-19)25-24(28(36)37)16-32(31-25)23-13-11-22(12-14-23)30-26(34)20-5-4-6-21(29)15-20/h4-6,11-19H,7-10H2,1-3H3,(H,30,34)(H,36,37)/t18-,19-. The Labute approximate surface area is 221 Å². The number of nitrogens with one attached hydrogen (secondary N) is 1. The molecule has 1 saturated carbocycles. The predicted octanol–water partition coefficient (Wildman–Crippen LogP) is 6.04. The molecule has 8 nitrogen and oxygen atoms in total. The van der Waals surface area contributed by atoms with Crippen molar-refractivity contribution in [2.45, 2.75) is 52.5 Å². The summed E-state index contributed by atoms with van der Waals surface area (Å²) >= 11 is 5.97. The average Bonchev–Trinajstić information content (AvgIpc) is 3.30.